The molecule has 0 aliphatic rings. The van der Waals surface area contributed by atoms with Crippen LogP contribution in [-0.2, 0) is 6.54 Å². The standard InChI is InChI=1S/C13H14ClN3OS/c1-7-8(2)18-12(17-7)6-16-11-4-3-9(13(15)19)5-10(11)14/h3-5,16H,6H2,1-2H3,(H2,15,19). The zero-order valence-corrected chi connectivity index (χ0v) is 12.2. The lowest BCUT2D eigenvalue weighted by atomic mass is 10.2. The van der Waals surface area contributed by atoms with Crippen molar-refractivity contribution in [2.45, 2.75) is 20.4 Å². The second kappa shape index (κ2) is 5.59. The maximum absolute atomic E-state index is 6.15. The normalized spacial score (nSPS) is 10.5. The number of benzene rings is 1. The van der Waals surface area contributed by atoms with E-state index in [0.29, 0.717) is 22.4 Å². The summed E-state index contributed by atoms with van der Waals surface area (Å²) >= 11 is 11.0. The molecule has 0 atom stereocenters. The summed E-state index contributed by atoms with van der Waals surface area (Å²) in [5.74, 6) is 1.45. The van der Waals surface area contributed by atoms with Gasteiger partial charge >= 0.3 is 0 Å². The van der Waals surface area contributed by atoms with E-state index in [1.165, 1.54) is 0 Å². The molecule has 0 unspecified atom stereocenters. The van der Waals surface area contributed by atoms with Gasteiger partial charge in [-0.3, -0.25) is 0 Å². The second-order valence-electron chi connectivity index (χ2n) is 4.16. The number of aromatic nitrogens is 1. The van der Waals surface area contributed by atoms with Crippen molar-refractivity contribution in [3.05, 3.63) is 46.1 Å². The maximum Gasteiger partial charge on any atom is 0.213 e. The number of anilines is 1. The first-order valence-corrected chi connectivity index (χ1v) is 6.52. The molecular weight excluding hydrogens is 282 g/mol. The Balaban J connectivity index is 2.09. The lowest BCUT2D eigenvalue weighted by Gasteiger charge is -2.07. The largest absolute Gasteiger partial charge is 0.444 e. The molecule has 3 N–H and O–H groups in total. The van der Waals surface area contributed by atoms with Gasteiger partial charge in [0.2, 0.25) is 5.89 Å². The third kappa shape index (κ3) is 3.24. The third-order valence-electron chi connectivity index (χ3n) is 2.76. The van der Waals surface area contributed by atoms with E-state index in [0.717, 1.165) is 22.7 Å². The van der Waals surface area contributed by atoms with E-state index >= 15 is 0 Å². The molecule has 1 heterocycles. The molecule has 4 nitrogen and oxygen atoms in total. The third-order valence-corrected chi connectivity index (χ3v) is 3.30. The summed E-state index contributed by atoms with van der Waals surface area (Å²) in [6.45, 7) is 4.27. The minimum atomic E-state index is 0.326. The van der Waals surface area contributed by atoms with Crippen LogP contribution < -0.4 is 11.1 Å². The van der Waals surface area contributed by atoms with Gasteiger partial charge in [0.15, 0.2) is 0 Å². The molecule has 19 heavy (non-hydrogen) atoms. The number of oxazole rings is 1. The van der Waals surface area contributed by atoms with E-state index in [1.807, 2.05) is 26.0 Å². The highest BCUT2D eigenvalue weighted by atomic mass is 35.5. The van der Waals surface area contributed by atoms with Crippen LogP contribution in [-0.4, -0.2) is 9.97 Å². The Hall–Kier alpha value is -1.59. The van der Waals surface area contributed by atoms with E-state index in [2.05, 4.69) is 10.3 Å². The van der Waals surface area contributed by atoms with E-state index in [4.69, 9.17) is 34.0 Å². The van der Waals surface area contributed by atoms with Crippen LogP contribution in [0.25, 0.3) is 0 Å². The van der Waals surface area contributed by atoms with Gasteiger partial charge < -0.3 is 15.5 Å². The topological polar surface area (TPSA) is 64.1 Å². The summed E-state index contributed by atoms with van der Waals surface area (Å²) < 4.78 is 5.48. The lowest BCUT2D eigenvalue weighted by molar-refractivity contribution is 0.478. The van der Waals surface area contributed by atoms with E-state index in [9.17, 15) is 0 Å². The molecule has 0 saturated carbocycles. The Labute approximate surface area is 122 Å². The van der Waals surface area contributed by atoms with Crippen molar-refractivity contribution in [1.29, 1.82) is 0 Å². The summed E-state index contributed by atoms with van der Waals surface area (Å²) in [7, 11) is 0. The summed E-state index contributed by atoms with van der Waals surface area (Å²) in [6.07, 6.45) is 0. The molecular formula is C13H14ClN3OS. The van der Waals surface area contributed by atoms with Gasteiger partial charge in [-0.05, 0) is 32.0 Å². The Morgan fingerprint density at radius 1 is 1.47 bits per heavy atom. The minimum absolute atomic E-state index is 0.326. The van der Waals surface area contributed by atoms with Crippen LogP contribution in [0.15, 0.2) is 22.6 Å². The Kier molecular flexibility index (Phi) is 4.07. The number of rotatable bonds is 4. The number of nitrogens with zero attached hydrogens (tertiary/aromatic N) is 1. The first-order valence-electron chi connectivity index (χ1n) is 5.73. The Bertz CT molecular complexity index is 605. The summed E-state index contributed by atoms with van der Waals surface area (Å²) in [5, 5.41) is 3.72. The fourth-order valence-corrected chi connectivity index (χ4v) is 1.97. The molecule has 0 bridgehead atoms. The number of thiocarbonyl (C=S) groups is 1. The first-order chi connectivity index (χ1) is 8.97. The summed E-state index contributed by atoms with van der Waals surface area (Å²) in [4.78, 5) is 4.61. The van der Waals surface area contributed by atoms with Crippen molar-refractivity contribution >= 4 is 34.5 Å². The summed E-state index contributed by atoms with van der Waals surface area (Å²) in [6, 6.07) is 5.39. The highest BCUT2D eigenvalue weighted by Gasteiger charge is 2.07. The Morgan fingerprint density at radius 2 is 2.21 bits per heavy atom. The van der Waals surface area contributed by atoms with E-state index in [1.54, 1.807) is 6.07 Å². The molecule has 0 amide bonds. The van der Waals surface area contributed by atoms with E-state index in [-0.39, 0.29) is 0 Å². The molecule has 0 spiro atoms. The number of nitrogens with one attached hydrogen (secondary N) is 1. The molecule has 0 aliphatic carbocycles. The highest BCUT2D eigenvalue weighted by molar-refractivity contribution is 7.80. The van der Waals surface area contributed by atoms with E-state index < -0.39 is 0 Å². The van der Waals surface area contributed by atoms with Gasteiger partial charge in [0.05, 0.1) is 22.9 Å². The second-order valence-corrected chi connectivity index (χ2v) is 5.01. The number of hydrogen-bond donors (Lipinski definition) is 2. The zero-order chi connectivity index (χ0) is 14.0. The first kappa shape index (κ1) is 13.8. The number of hydrogen-bond acceptors (Lipinski definition) is 4. The van der Waals surface area contributed by atoms with Gasteiger partial charge in [-0.2, -0.15) is 0 Å². The molecule has 1 aromatic carbocycles. The molecule has 6 heteroatoms. The predicted molar refractivity (Wildman–Crippen MR) is 80.6 cm³/mol. The number of aryl methyl sites for hydroxylation is 2. The van der Waals surface area contributed by atoms with Crippen LogP contribution >= 0.6 is 23.8 Å². The molecule has 2 rings (SSSR count). The highest BCUT2D eigenvalue weighted by Crippen LogP contribution is 2.23. The van der Waals surface area contributed by atoms with Gasteiger partial charge in [-0.1, -0.05) is 23.8 Å². The lowest BCUT2D eigenvalue weighted by Crippen LogP contribution is -2.09. The Morgan fingerprint density at radius 3 is 2.74 bits per heavy atom. The average Bonchev–Trinajstić information content (AvgIpc) is 2.67. The van der Waals surface area contributed by atoms with Gasteiger partial charge in [-0.25, -0.2) is 4.98 Å². The maximum atomic E-state index is 6.15. The van der Waals surface area contributed by atoms with Crippen molar-refractivity contribution < 1.29 is 4.42 Å². The van der Waals surface area contributed by atoms with Crippen LogP contribution in [0.1, 0.15) is 22.9 Å². The van der Waals surface area contributed by atoms with Crippen molar-refractivity contribution in [1.82, 2.24) is 4.98 Å². The van der Waals surface area contributed by atoms with Crippen LogP contribution in [0.3, 0.4) is 0 Å². The quantitative estimate of drug-likeness (QED) is 0.848. The smallest absolute Gasteiger partial charge is 0.213 e. The zero-order valence-electron chi connectivity index (χ0n) is 10.7. The monoisotopic (exact) mass is 295 g/mol. The SMILES string of the molecule is Cc1nc(CNc2ccc(C(N)=S)cc2Cl)oc1C. The number of nitrogens with two attached hydrogens (primary N) is 1. The molecule has 0 aliphatic heterocycles. The fraction of sp³-hybridized carbons (Fsp3) is 0.231. The van der Waals surface area contributed by atoms with Crippen molar-refractivity contribution in [3.8, 4) is 0 Å². The van der Waals surface area contributed by atoms with Crippen molar-refractivity contribution in [2.24, 2.45) is 5.73 Å². The van der Waals surface area contributed by atoms with Gasteiger partial charge in [0, 0.05) is 5.56 Å². The molecule has 100 valence electrons. The minimum Gasteiger partial charge on any atom is -0.444 e. The predicted octanol–water partition coefficient (Wildman–Crippen LogP) is 3.19. The van der Waals surface area contributed by atoms with Gasteiger partial charge in [0.25, 0.3) is 0 Å². The van der Waals surface area contributed by atoms with Crippen molar-refractivity contribution in [3.63, 3.8) is 0 Å². The van der Waals surface area contributed by atoms with Crippen LogP contribution in [0.4, 0.5) is 5.69 Å². The summed E-state index contributed by atoms with van der Waals surface area (Å²) in [5.41, 5.74) is 7.97. The molecule has 2 aromatic rings. The van der Waals surface area contributed by atoms with Gasteiger partial charge in [0.1, 0.15) is 10.7 Å². The molecule has 1 aromatic heterocycles. The van der Waals surface area contributed by atoms with Crippen LogP contribution in [0, 0.1) is 13.8 Å². The van der Waals surface area contributed by atoms with Gasteiger partial charge in [-0.15, -0.1) is 0 Å². The van der Waals surface area contributed by atoms with Crippen molar-refractivity contribution in [2.75, 3.05) is 5.32 Å². The molecule has 0 radical (unpaired) electrons. The molecule has 0 fully saturated rings. The number of halogens is 1. The average molecular weight is 296 g/mol. The fourth-order valence-electron chi connectivity index (χ4n) is 1.60. The van der Waals surface area contributed by atoms with Crippen LogP contribution in [0.5, 0.6) is 0 Å². The van der Waals surface area contributed by atoms with Crippen LogP contribution in [0.2, 0.25) is 5.02 Å². The molecule has 0 saturated heterocycles.